The van der Waals surface area contributed by atoms with Gasteiger partial charge in [0.05, 0.1) is 17.8 Å². The summed E-state index contributed by atoms with van der Waals surface area (Å²) in [6.45, 7) is 0. The molecule has 6 heteroatoms. The van der Waals surface area contributed by atoms with E-state index in [0.717, 1.165) is 5.06 Å². The van der Waals surface area contributed by atoms with E-state index < -0.39 is 12.1 Å². The molecule has 2 aromatic carbocycles. The third-order valence-electron chi connectivity index (χ3n) is 4.15. The van der Waals surface area contributed by atoms with Crippen molar-refractivity contribution in [1.82, 2.24) is 5.06 Å². The van der Waals surface area contributed by atoms with Gasteiger partial charge in [-0.2, -0.15) is 5.06 Å². The van der Waals surface area contributed by atoms with Crippen LogP contribution in [0.3, 0.4) is 0 Å². The van der Waals surface area contributed by atoms with E-state index in [2.05, 4.69) is 5.16 Å². The van der Waals surface area contributed by atoms with Gasteiger partial charge in [-0.05, 0) is 35.4 Å². The third-order valence-corrected chi connectivity index (χ3v) is 4.15. The second-order valence-electron chi connectivity index (χ2n) is 5.59. The highest BCUT2D eigenvalue weighted by Crippen LogP contribution is 2.39. The second kappa shape index (κ2) is 6.44. The predicted octanol–water partition coefficient (Wildman–Crippen LogP) is 4.06. The third kappa shape index (κ3) is 3.23. The van der Waals surface area contributed by atoms with E-state index in [4.69, 9.17) is 5.21 Å². The maximum Gasteiger partial charge on any atom is 0.123 e. The van der Waals surface area contributed by atoms with Gasteiger partial charge in [-0.15, -0.1) is 0 Å². The minimum absolute atomic E-state index is 0.330. The lowest BCUT2D eigenvalue weighted by Gasteiger charge is -2.38. The summed E-state index contributed by atoms with van der Waals surface area (Å²) in [5, 5.41) is 24.2. The topological polar surface area (TPSA) is 56.1 Å². The molecule has 4 nitrogen and oxygen atoms in total. The average molecular weight is 318 g/mol. The van der Waals surface area contributed by atoms with Crippen LogP contribution in [0.4, 0.5) is 8.78 Å². The number of nitrogens with zero attached hydrogens (tertiary/aromatic N) is 2. The van der Waals surface area contributed by atoms with Crippen molar-refractivity contribution in [3.05, 3.63) is 71.3 Å². The van der Waals surface area contributed by atoms with Crippen molar-refractivity contribution in [2.75, 3.05) is 0 Å². The maximum absolute atomic E-state index is 13.1. The van der Waals surface area contributed by atoms with Gasteiger partial charge in [0.25, 0.3) is 0 Å². The number of rotatable bonds is 2. The van der Waals surface area contributed by atoms with Crippen LogP contribution in [0.1, 0.15) is 36.1 Å². The lowest BCUT2D eigenvalue weighted by Crippen LogP contribution is -2.37. The Hall–Kier alpha value is -2.31. The summed E-state index contributed by atoms with van der Waals surface area (Å²) < 4.78 is 26.2. The number of hydrogen-bond donors (Lipinski definition) is 2. The minimum atomic E-state index is -0.467. The summed E-state index contributed by atoms with van der Waals surface area (Å²) >= 11 is 0. The summed E-state index contributed by atoms with van der Waals surface area (Å²) in [4.78, 5) is 0. The van der Waals surface area contributed by atoms with Crippen LogP contribution < -0.4 is 0 Å². The van der Waals surface area contributed by atoms with Gasteiger partial charge in [0.2, 0.25) is 0 Å². The first-order valence-corrected chi connectivity index (χ1v) is 7.26. The number of halogens is 2. The standard InChI is InChI=1S/C17H16F2N2O2/c18-13-5-1-11(2-6-13)16-9-15(20-22)10-17(21(16)23)12-3-7-14(19)8-4-12/h1-8,16-17,22-23H,9-10H2/t16-,17-/m0/s1. The Kier molecular flexibility index (Phi) is 4.36. The van der Waals surface area contributed by atoms with Gasteiger partial charge < -0.3 is 10.4 Å². The summed E-state index contributed by atoms with van der Waals surface area (Å²) in [5.41, 5.74) is 1.95. The van der Waals surface area contributed by atoms with Gasteiger partial charge in [0.1, 0.15) is 11.6 Å². The van der Waals surface area contributed by atoms with Crippen LogP contribution >= 0.6 is 0 Å². The first-order chi connectivity index (χ1) is 11.1. The van der Waals surface area contributed by atoms with E-state index in [0.29, 0.717) is 29.7 Å². The molecule has 1 aliphatic rings. The van der Waals surface area contributed by atoms with Crippen LogP contribution in [0.25, 0.3) is 0 Å². The van der Waals surface area contributed by atoms with Crippen LogP contribution in [0.15, 0.2) is 53.7 Å². The fraction of sp³-hybridized carbons (Fsp3) is 0.235. The van der Waals surface area contributed by atoms with E-state index in [1.54, 1.807) is 24.3 Å². The van der Waals surface area contributed by atoms with Crippen molar-refractivity contribution in [2.24, 2.45) is 5.16 Å². The zero-order chi connectivity index (χ0) is 16.4. The number of piperidine rings is 1. The number of benzene rings is 2. The molecular weight excluding hydrogens is 302 g/mol. The van der Waals surface area contributed by atoms with Crippen molar-refractivity contribution in [3.63, 3.8) is 0 Å². The van der Waals surface area contributed by atoms with Crippen molar-refractivity contribution in [1.29, 1.82) is 0 Å². The fourth-order valence-electron chi connectivity index (χ4n) is 2.93. The molecule has 0 aliphatic carbocycles. The van der Waals surface area contributed by atoms with Gasteiger partial charge >= 0.3 is 0 Å². The van der Waals surface area contributed by atoms with E-state index >= 15 is 0 Å². The monoisotopic (exact) mass is 318 g/mol. The van der Waals surface area contributed by atoms with Crippen LogP contribution in [-0.4, -0.2) is 21.2 Å². The zero-order valence-electron chi connectivity index (χ0n) is 12.2. The Morgan fingerprint density at radius 3 is 1.57 bits per heavy atom. The summed E-state index contributed by atoms with van der Waals surface area (Å²) in [6.07, 6.45) is 0.659. The molecule has 2 N–H and O–H groups in total. The highest BCUT2D eigenvalue weighted by molar-refractivity contribution is 5.86. The molecule has 0 unspecified atom stereocenters. The van der Waals surface area contributed by atoms with Gasteiger partial charge in [-0.25, -0.2) is 8.78 Å². The Bertz CT molecular complexity index is 644. The molecule has 1 saturated heterocycles. The molecule has 1 fully saturated rings. The molecule has 0 radical (unpaired) electrons. The van der Waals surface area contributed by atoms with Gasteiger partial charge in [0, 0.05) is 12.8 Å². The molecule has 2 atom stereocenters. The van der Waals surface area contributed by atoms with Crippen molar-refractivity contribution >= 4 is 5.71 Å². The first-order valence-electron chi connectivity index (χ1n) is 7.26. The van der Waals surface area contributed by atoms with Crippen LogP contribution in [0, 0.1) is 11.6 Å². The molecule has 0 bridgehead atoms. The molecule has 1 aliphatic heterocycles. The molecule has 3 rings (SSSR count). The Balaban J connectivity index is 1.94. The smallest absolute Gasteiger partial charge is 0.123 e. The van der Waals surface area contributed by atoms with Crippen molar-refractivity contribution < 1.29 is 19.2 Å². The van der Waals surface area contributed by atoms with Gasteiger partial charge in [0.15, 0.2) is 0 Å². The maximum atomic E-state index is 13.1. The van der Waals surface area contributed by atoms with Crippen LogP contribution in [-0.2, 0) is 0 Å². The zero-order valence-corrected chi connectivity index (χ0v) is 12.2. The normalized spacial score (nSPS) is 22.1. The molecule has 0 aromatic heterocycles. The highest BCUT2D eigenvalue weighted by Gasteiger charge is 2.35. The Morgan fingerprint density at radius 1 is 0.826 bits per heavy atom. The van der Waals surface area contributed by atoms with E-state index in [1.807, 2.05) is 0 Å². The largest absolute Gasteiger partial charge is 0.411 e. The molecular formula is C17H16F2N2O2. The lowest BCUT2D eigenvalue weighted by molar-refractivity contribution is -0.167. The van der Waals surface area contributed by atoms with Crippen LogP contribution in [0.2, 0.25) is 0 Å². The number of hydrogen-bond acceptors (Lipinski definition) is 4. The van der Waals surface area contributed by atoms with Gasteiger partial charge in [-0.1, -0.05) is 29.4 Å². The van der Waals surface area contributed by atoms with E-state index in [1.165, 1.54) is 24.3 Å². The lowest BCUT2D eigenvalue weighted by atomic mass is 9.88. The van der Waals surface area contributed by atoms with Gasteiger partial charge in [-0.3, -0.25) is 0 Å². The summed E-state index contributed by atoms with van der Waals surface area (Å²) in [5.74, 6) is -0.722. The SMILES string of the molecule is ON=C1C[C@@H](c2ccc(F)cc2)N(O)[C@H](c2ccc(F)cc2)C1. The fourth-order valence-corrected chi connectivity index (χ4v) is 2.93. The Morgan fingerprint density at radius 2 is 1.22 bits per heavy atom. The van der Waals surface area contributed by atoms with Crippen LogP contribution in [0.5, 0.6) is 0 Å². The quantitative estimate of drug-likeness (QED) is 0.648. The van der Waals surface area contributed by atoms with Crippen molar-refractivity contribution in [2.45, 2.75) is 24.9 Å². The average Bonchev–Trinajstić information content (AvgIpc) is 2.57. The molecule has 0 saturated carbocycles. The predicted molar refractivity (Wildman–Crippen MR) is 80.4 cm³/mol. The second-order valence-corrected chi connectivity index (χ2v) is 5.59. The number of hydroxylamine groups is 2. The summed E-state index contributed by atoms with van der Waals surface area (Å²) in [7, 11) is 0. The Labute approximate surface area is 132 Å². The molecule has 2 aromatic rings. The van der Waals surface area contributed by atoms with Crippen molar-refractivity contribution in [3.8, 4) is 0 Å². The molecule has 23 heavy (non-hydrogen) atoms. The minimum Gasteiger partial charge on any atom is -0.411 e. The van der Waals surface area contributed by atoms with E-state index in [9.17, 15) is 14.0 Å². The molecule has 1 heterocycles. The highest BCUT2D eigenvalue weighted by atomic mass is 19.1. The first kappa shape index (κ1) is 15.6. The van der Waals surface area contributed by atoms with E-state index in [-0.39, 0.29) is 11.6 Å². The number of oxime groups is 1. The molecule has 0 amide bonds. The molecule has 120 valence electrons. The molecule has 0 spiro atoms. The summed E-state index contributed by atoms with van der Waals surface area (Å²) in [6, 6.07) is 10.7.